The average Bonchev–Trinajstić information content (AvgIpc) is 3.04. The van der Waals surface area contributed by atoms with Gasteiger partial charge in [-0.25, -0.2) is 4.68 Å². The Hall–Kier alpha value is -2.34. The highest BCUT2D eigenvalue weighted by Crippen LogP contribution is 2.07. The van der Waals surface area contributed by atoms with Crippen LogP contribution >= 0.6 is 0 Å². The molecular formula is C16H23N5O. The van der Waals surface area contributed by atoms with Gasteiger partial charge >= 0.3 is 0 Å². The Bertz CT molecular complexity index is 579. The molecule has 6 heteroatoms. The summed E-state index contributed by atoms with van der Waals surface area (Å²) in [6.07, 6.45) is 4.82. The lowest BCUT2D eigenvalue weighted by Gasteiger charge is -2.10. The number of nitrogens with zero attached hydrogens (tertiary/aromatic N) is 3. The molecule has 0 spiro atoms. The summed E-state index contributed by atoms with van der Waals surface area (Å²) in [4.78, 5) is 4.19. The third-order valence-electron chi connectivity index (χ3n) is 3.16. The molecule has 0 aliphatic heterocycles. The van der Waals surface area contributed by atoms with E-state index in [9.17, 15) is 0 Å². The predicted molar refractivity (Wildman–Crippen MR) is 88.3 cm³/mol. The smallest absolute Gasteiger partial charge is 0.191 e. The molecular weight excluding hydrogens is 278 g/mol. The molecule has 0 radical (unpaired) electrons. The van der Waals surface area contributed by atoms with Crippen LogP contribution in [0.5, 0.6) is 0 Å². The van der Waals surface area contributed by atoms with Crippen LogP contribution in [0.1, 0.15) is 12.0 Å². The Morgan fingerprint density at radius 2 is 2.09 bits per heavy atom. The molecule has 2 N–H and O–H groups in total. The van der Waals surface area contributed by atoms with Crippen molar-refractivity contribution in [2.45, 2.75) is 13.0 Å². The zero-order chi connectivity index (χ0) is 15.6. The normalized spacial score (nSPS) is 11.5. The fraction of sp³-hybridized carbons (Fsp3) is 0.375. The van der Waals surface area contributed by atoms with Gasteiger partial charge in [-0.2, -0.15) is 5.10 Å². The van der Waals surface area contributed by atoms with Gasteiger partial charge in [0.15, 0.2) is 5.96 Å². The largest absolute Gasteiger partial charge is 0.385 e. The molecule has 0 atom stereocenters. The number of ether oxygens (including phenoxy) is 1. The van der Waals surface area contributed by atoms with E-state index in [-0.39, 0.29) is 0 Å². The first-order chi connectivity index (χ1) is 10.8. The number of guanidine groups is 1. The summed E-state index contributed by atoms with van der Waals surface area (Å²) < 4.78 is 6.89. The first-order valence-corrected chi connectivity index (χ1v) is 7.36. The highest BCUT2D eigenvalue weighted by atomic mass is 16.5. The Kier molecular flexibility index (Phi) is 6.44. The molecule has 118 valence electrons. The SMILES string of the molecule is CN=C(NCCCOC)NCc1cnn(-c2ccccc2)c1. The number of aromatic nitrogens is 2. The number of rotatable bonds is 7. The molecule has 0 bridgehead atoms. The first-order valence-electron chi connectivity index (χ1n) is 7.36. The Balaban J connectivity index is 1.82. The van der Waals surface area contributed by atoms with Gasteiger partial charge in [-0.1, -0.05) is 18.2 Å². The zero-order valence-corrected chi connectivity index (χ0v) is 13.1. The number of hydrogen-bond acceptors (Lipinski definition) is 3. The van der Waals surface area contributed by atoms with Crippen LogP contribution in [-0.2, 0) is 11.3 Å². The summed E-state index contributed by atoms with van der Waals surface area (Å²) >= 11 is 0. The minimum absolute atomic E-state index is 0.677. The number of para-hydroxylation sites is 1. The lowest BCUT2D eigenvalue weighted by Crippen LogP contribution is -2.37. The highest BCUT2D eigenvalue weighted by molar-refractivity contribution is 5.79. The Labute approximate surface area is 131 Å². The summed E-state index contributed by atoms with van der Waals surface area (Å²) in [6.45, 7) is 2.25. The predicted octanol–water partition coefficient (Wildman–Crippen LogP) is 1.57. The van der Waals surface area contributed by atoms with E-state index in [0.29, 0.717) is 6.54 Å². The summed E-state index contributed by atoms with van der Waals surface area (Å²) in [5.74, 6) is 0.781. The minimum Gasteiger partial charge on any atom is -0.385 e. The molecule has 22 heavy (non-hydrogen) atoms. The molecule has 1 aromatic carbocycles. The van der Waals surface area contributed by atoms with Gasteiger partial charge in [0.25, 0.3) is 0 Å². The second-order valence-corrected chi connectivity index (χ2v) is 4.83. The summed E-state index contributed by atoms with van der Waals surface area (Å²) in [5, 5.41) is 10.9. The number of hydrogen-bond donors (Lipinski definition) is 2. The number of aliphatic imine (C=N–C) groups is 1. The lowest BCUT2D eigenvalue weighted by atomic mass is 10.3. The first kappa shape index (κ1) is 16.0. The van der Waals surface area contributed by atoms with Crippen LogP contribution in [0, 0.1) is 0 Å². The maximum absolute atomic E-state index is 5.02. The number of nitrogens with one attached hydrogen (secondary N) is 2. The van der Waals surface area contributed by atoms with E-state index in [0.717, 1.165) is 36.8 Å². The van der Waals surface area contributed by atoms with Crippen molar-refractivity contribution in [2.24, 2.45) is 4.99 Å². The van der Waals surface area contributed by atoms with Crippen molar-refractivity contribution in [1.82, 2.24) is 20.4 Å². The van der Waals surface area contributed by atoms with Crippen molar-refractivity contribution in [2.75, 3.05) is 27.3 Å². The van der Waals surface area contributed by atoms with E-state index in [1.165, 1.54) is 0 Å². The van der Waals surface area contributed by atoms with Crippen molar-refractivity contribution in [3.63, 3.8) is 0 Å². The molecule has 1 heterocycles. The second kappa shape index (κ2) is 8.84. The number of benzene rings is 1. The molecule has 0 aliphatic carbocycles. The van der Waals surface area contributed by atoms with Crippen molar-refractivity contribution < 1.29 is 4.74 Å². The van der Waals surface area contributed by atoms with Crippen LogP contribution in [0.2, 0.25) is 0 Å². The van der Waals surface area contributed by atoms with E-state index in [1.54, 1.807) is 14.2 Å². The summed E-state index contributed by atoms with van der Waals surface area (Å²) in [5.41, 5.74) is 2.15. The summed E-state index contributed by atoms with van der Waals surface area (Å²) in [6, 6.07) is 10.1. The minimum atomic E-state index is 0.677. The summed E-state index contributed by atoms with van der Waals surface area (Å²) in [7, 11) is 3.47. The van der Waals surface area contributed by atoms with Gasteiger partial charge in [-0.15, -0.1) is 0 Å². The zero-order valence-electron chi connectivity index (χ0n) is 13.1. The quantitative estimate of drug-likeness (QED) is 0.463. The topological polar surface area (TPSA) is 63.5 Å². The van der Waals surface area contributed by atoms with Gasteiger partial charge in [0.1, 0.15) is 0 Å². The van der Waals surface area contributed by atoms with E-state index < -0.39 is 0 Å². The van der Waals surface area contributed by atoms with Crippen LogP contribution in [0.25, 0.3) is 5.69 Å². The van der Waals surface area contributed by atoms with Crippen molar-refractivity contribution in [3.8, 4) is 5.69 Å². The van der Waals surface area contributed by atoms with E-state index in [2.05, 4.69) is 20.7 Å². The van der Waals surface area contributed by atoms with E-state index in [1.807, 2.05) is 47.4 Å². The molecule has 2 aromatic rings. The van der Waals surface area contributed by atoms with Crippen molar-refractivity contribution in [1.29, 1.82) is 0 Å². The second-order valence-electron chi connectivity index (χ2n) is 4.83. The molecule has 2 rings (SSSR count). The van der Waals surface area contributed by atoms with Crippen LogP contribution < -0.4 is 10.6 Å². The van der Waals surface area contributed by atoms with Crippen LogP contribution in [0.4, 0.5) is 0 Å². The highest BCUT2D eigenvalue weighted by Gasteiger charge is 2.02. The molecule has 0 saturated heterocycles. The van der Waals surface area contributed by atoms with Crippen molar-refractivity contribution >= 4 is 5.96 Å². The monoisotopic (exact) mass is 301 g/mol. The molecule has 1 aromatic heterocycles. The van der Waals surface area contributed by atoms with Crippen LogP contribution in [0.15, 0.2) is 47.7 Å². The van der Waals surface area contributed by atoms with Gasteiger partial charge in [0.2, 0.25) is 0 Å². The Morgan fingerprint density at radius 1 is 1.27 bits per heavy atom. The van der Waals surface area contributed by atoms with Crippen LogP contribution in [-0.4, -0.2) is 43.0 Å². The maximum Gasteiger partial charge on any atom is 0.191 e. The van der Waals surface area contributed by atoms with E-state index in [4.69, 9.17) is 4.74 Å². The van der Waals surface area contributed by atoms with Crippen molar-refractivity contribution in [3.05, 3.63) is 48.3 Å². The lowest BCUT2D eigenvalue weighted by molar-refractivity contribution is 0.195. The van der Waals surface area contributed by atoms with Gasteiger partial charge < -0.3 is 15.4 Å². The van der Waals surface area contributed by atoms with Gasteiger partial charge in [0, 0.05) is 45.6 Å². The third kappa shape index (κ3) is 4.89. The average molecular weight is 301 g/mol. The maximum atomic E-state index is 5.02. The molecule has 0 aliphatic rings. The van der Waals surface area contributed by atoms with Crippen LogP contribution in [0.3, 0.4) is 0 Å². The molecule has 6 nitrogen and oxygen atoms in total. The van der Waals surface area contributed by atoms with Gasteiger partial charge in [0.05, 0.1) is 11.9 Å². The number of methoxy groups -OCH3 is 1. The van der Waals surface area contributed by atoms with Gasteiger partial charge in [-0.05, 0) is 18.6 Å². The third-order valence-corrected chi connectivity index (χ3v) is 3.16. The fourth-order valence-corrected chi connectivity index (χ4v) is 2.00. The molecule has 0 amide bonds. The molecule has 0 saturated carbocycles. The fourth-order valence-electron chi connectivity index (χ4n) is 2.00. The van der Waals surface area contributed by atoms with Gasteiger partial charge in [-0.3, -0.25) is 4.99 Å². The molecule has 0 unspecified atom stereocenters. The standard InChI is InChI=1S/C16H23N5O/c1-17-16(18-9-6-10-22-2)19-11-14-12-20-21(13-14)15-7-4-3-5-8-15/h3-5,7-8,12-13H,6,9-11H2,1-2H3,(H2,17,18,19). The van der Waals surface area contributed by atoms with E-state index >= 15 is 0 Å². The molecule has 0 fully saturated rings. The Morgan fingerprint density at radius 3 is 2.82 bits per heavy atom.